The van der Waals surface area contributed by atoms with Crippen molar-refractivity contribution < 1.29 is 35.4 Å². The minimum Gasteiger partial charge on any atom is -0.726 e. The van der Waals surface area contributed by atoms with E-state index in [1.165, 1.54) is 38.5 Å². The molecule has 0 aliphatic carbocycles. The molecule has 9 nitrogen and oxygen atoms in total. The van der Waals surface area contributed by atoms with Crippen LogP contribution in [0.3, 0.4) is 0 Å². The Morgan fingerprint density at radius 3 is 1.97 bits per heavy atom. The van der Waals surface area contributed by atoms with Crippen LogP contribution in [0.15, 0.2) is 18.7 Å². The fourth-order valence-corrected chi connectivity index (χ4v) is 5.58. The van der Waals surface area contributed by atoms with E-state index in [4.69, 9.17) is 30.8 Å². The Labute approximate surface area is 183 Å². The summed E-state index contributed by atoms with van der Waals surface area (Å²) in [5.41, 5.74) is 0. The second-order valence-corrected chi connectivity index (χ2v) is 10.4. The lowest BCUT2D eigenvalue weighted by atomic mass is 10.1. The van der Waals surface area contributed by atoms with Crippen molar-refractivity contribution in [2.75, 3.05) is 19.8 Å². The second kappa shape index (κ2) is 16.8. The van der Waals surface area contributed by atoms with Crippen LogP contribution in [0, 0.1) is 0 Å². The van der Waals surface area contributed by atoms with Gasteiger partial charge in [0.05, 0.1) is 19.1 Å². The number of nitrogens with zero attached hydrogens (tertiary/aromatic N) is 2. The molecule has 0 saturated carbocycles. The first-order valence-corrected chi connectivity index (χ1v) is 14.1. The van der Waals surface area contributed by atoms with Crippen molar-refractivity contribution in [1.82, 2.24) is 4.57 Å². The maximum Gasteiger partial charge on any atom is 0.504 e. The van der Waals surface area contributed by atoms with Crippen LogP contribution < -0.4 is 4.57 Å². The number of aromatic nitrogens is 2. The van der Waals surface area contributed by atoms with E-state index in [0.29, 0.717) is 19.8 Å². The average Bonchev–Trinajstić information content (AvgIpc) is 3.10. The molecule has 1 N–H and O–H groups in total. The molecular formula is C19H40N2O7SSi. The Morgan fingerprint density at radius 2 is 1.47 bits per heavy atom. The summed E-state index contributed by atoms with van der Waals surface area (Å²) in [4.78, 5) is 0. The predicted molar refractivity (Wildman–Crippen MR) is 116 cm³/mol. The molecule has 0 aliphatic heterocycles. The molecule has 0 bridgehead atoms. The molecule has 0 atom stereocenters. The normalized spacial score (nSPS) is 11.9. The zero-order valence-electron chi connectivity index (χ0n) is 18.9. The molecule has 0 amide bonds. The summed E-state index contributed by atoms with van der Waals surface area (Å²) in [6.45, 7) is 12.2. The maximum absolute atomic E-state index is 8.63. The number of imidazole rings is 1. The zero-order chi connectivity index (χ0) is 22.9. The van der Waals surface area contributed by atoms with E-state index in [1.54, 1.807) is 0 Å². The van der Waals surface area contributed by atoms with Crippen LogP contribution in [0.25, 0.3) is 0 Å². The van der Waals surface area contributed by atoms with E-state index >= 15 is 0 Å². The van der Waals surface area contributed by atoms with Crippen molar-refractivity contribution in [3.8, 4) is 0 Å². The van der Waals surface area contributed by atoms with Crippen molar-refractivity contribution in [1.29, 1.82) is 0 Å². The molecular weight excluding hydrogens is 428 g/mol. The predicted octanol–water partition coefficient (Wildman–Crippen LogP) is 3.19. The SMILES string of the molecule is CCCCCCCCn1cc[n+](CC[Si](OCC)(OCC)OCC)c1.O=S(=O)([O-])O. The highest BCUT2D eigenvalue weighted by atomic mass is 32.3. The van der Waals surface area contributed by atoms with Gasteiger partial charge in [0.2, 0.25) is 16.7 Å². The summed E-state index contributed by atoms with van der Waals surface area (Å²) in [6.07, 6.45) is 14.5. The summed E-state index contributed by atoms with van der Waals surface area (Å²) in [7, 11) is -7.46. The Hall–Kier alpha value is -0.823. The van der Waals surface area contributed by atoms with Crippen LogP contribution in [0.1, 0.15) is 66.2 Å². The fraction of sp³-hybridized carbons (Fsp3) is 0.842. The topological polar surface area (TPSA) is 114 Å². The van der Waals surface area contributed by atoms with Gasteiger partial charge in [0.15, 0.2) is 0 Å². The largest absolute Gasteiger partial charge is 0.726 e. The maximum atomic E-state index is 8.63. The summed E-state index contributed by atoms with van der Waals surface area (Å²) in [6, 6.07) is 0.814. The first-order chi connectivity index (χ1) is 14.2. The van der Waals surface area contributed by atoms with Gasteiger partial charge in [0.25, 0.3) is 0 Å². The first kappa shape index (κ1) is 29.2. The Morgan fingerprint density at radius 1 is 0.967 bits per heavy atom. The van der Waals surface area contributed by atoms with Gasteiger partial charge in [-0.3, -0.25) is 4.55 Å². The minimum absolute atomic E-state index is 0.635. The van der Waals surface area contributed by atoms with Gasteiger partial charge in [-0.1, -0.05) is 32.6 Å². The van der Waals surface area contributed by atoms with Crippen LogP contribution >= 0.6 is 0 Å². The fourth-order valence-electron chi connectivity index (χ4n) is 3.05. The number of hydrogen-bond acceptors (Lipinski definition) is 6. The molecule has 0 fully saturated rings. The van der Waals surface area contributed by atoms with Crippen LogP contribution in [0.2, 0.25) is 6.04 Å². The zero-order valence-corrected chi connectivity index (χ0v) is 20.7. The standard InChI is InChI=1S/C19H39N2O3Si.H2O4S/c1-5-9-10-11-12-13-14-20-15-16-21(19-20)17-18-25(22-6-2,23-7-3)24-8-4;1-5(2,3)4/h15-16,19H,5-14,17-18H2,1-4H3;(H2,1,2,3,4)/q+1;/p-1. The number of aryl methyl sites for hydroxylation is 2. The number of rotatable bonds is 16. The molecule has 0 radical (unpaired) electrons. The van der Waals surface area contributed by atoms with Crippen molar-refractivity contribution in [2.45, 2.75) is 85.4 Å². The van der Waals surface area contributed by atoms with Crippen LogP contribution in [-0.2, 0) is 36.8 Å². The van der Waals surface area contributed by atoms with Crippen molar-refractivity contribution in [3.63, 3.8) is 0 Å². The molecule has 0 saturated heterocycles. The highest BCUT2D eigenvalue weighted by molar-refractivity contribution is 7.79. The summed E-state index contributed by atoms with van der Waals surface area (Å²) >= 11 is 0. The van der Waals surface area contributed by atoms with Crippen molar-refractivity contribution in [3.05, 3.63) is 18.7 Å². The minimum atomic E-state index is -4.92. The Bertz CT molecular complexity index is 616. The van der Waals surface area contributed by atoms with E-state index in [0.717, 1.165) is 19.1 Å². The van der Waals surface area contributed by atoms with Gasteiger partial charge >= 0.3 is 8.80 Å². The van der Waals surface area contributed by atoms with Gasteiger partial charge in [-0.05, 0) is 33.6 Å². The summed E-state index contributed by atoms with van der Waals surface area (Å²) in [5, 5.41) is 0. The van der Waals surface area contributed by atoms with E-state index in [2.05, 4.69) is 34.8 Å². The lowest BCUT2D eigenvalue weighted by molar-refractivity contribution is -0.693. The molecule has 0 aromatic carbocycles. The number of unbranched alkanes of at least 4 members (excludes halogenated alkanes) is 5. The van der Waals surface area contributed by atoms with Crippen molar-refractivity contribution in [2.24, 2.45) is 0 Å². The quantitative estimate of drug-likeness (QED) is 0.130. The van der Waals surface area contributed by atoms with Gasteiger partial charge in [0, 0.05) is 19.8 Å². The Kier molecular flexibility index (Phi) is 16.4. The highest BCUT2D eigenvalue weighted by Crippen LogP contribution is 2.16. The first-order valence-electron chi connectivity index (χ1n) is 10.8. The van der Waals surface area contributed by atoms with Crippen LogP contribution in [-0.4, -0.2) is 50.7 Å². The van der Waals surface area contributed by atoms with Gasteiger partial charge < -0.3 is 17.8 Å². The highest BCUT2D eigenvalue weighted by Gasteiger charge is 2.40. The van der Waals surface area contributed by atoms with Gasteiger partial charge in [-0.15, -0.1) is 0 Å². The van der Waals surface area contributed by atoms with E-state index in [9.17, 15) is 0 Å². The molecule has 11 heteroatoms. The number of hydrogen-bond donors (Lipinski definition) is 1. The van der Waals surface area contributed by atoms with E-state index < -0.39 is 19.2 Å². The molecule has 30 heavy (non-hydrogen) atoms. The lowest BCUT2D eigenvalue weighted by Crippen LogP contribution is -2.49. The monoisotopic (exact) mass is 468 g/mol. The third-order valence-corrected chi connectivity index (χ3v) is 7.31. The van der Waals surface area contributed by atoms with Gasteiger partial charge in [-0.2, -0.15) is 0 Å². The van der Waals surface area contributed by atoms with Crippen molar-refractivity contribution >= 4 is 19.2 Å². The average molecular weight is 469 g/mol. The summed E-state index contributed by atoms with van der Waals surface area (Å²) < 4.78 is 55.1. The molecule has 1 rings (SSSR count). The van der Waals surface area contributed by atoms with Crippen LogP contribution in [0.4, 0.5) is 0 Å². The summed E-state index contributed by atoms with van der Waals surface area (Å²) in [5.74, 6) is 0. The molecule has 0 aliphatic rings. The smallest absolute Gasteiger partial charge is 0.504 e. The van der Waals surface area contributed by atoms with E-state index in [1.807, 2.05) is 20.8 Å². The van der Waals surface area contributed by atoms with Gasteiger partial charge in [0.1, 0.15) is 12.4 Å². The molecule has 1 aromatic rings. The molecule has 1 aromatic heterocycles. The third kappa shape index (κ3) is 15.9. The second-order valence-electron chi connectivity index (χ2n) is 6.82. The molecule has 178 valence electrons. The molecule has 1 heterocycles. The van der Waals surface area contributed by atoms with E-state index in [-0.39, 0.29) is 0 Å². The third-order valence-electron chi connectivity index (χ3n) is 4.29. The Balaban J connectivity index is 0.00000150. The molecule has 0 spiro atoms. The lowest BCUT2D eigenvalue weighted by Gasteiger charge is -2.27. The van der Waals surface area contributed by atoms with Crippen LogP contribution in [0.5, 0.6) is 0 Å². The molecule has 0 unspecified atom stereocenters. The van der Waals surface area contributed by atoms with Gasteiger partial charge in [-0.25, -0.2) is 17.6 Å².